The molecular formula is C18H25N5O2S. The predicted octanol–water partition coefficient (Wildman–Crippen LogP) is 2.81. The maximum Gasteiger partial charge on any atom is 0.321 e. The van der Waals surface area contributed by atoms with Crippen molar-refractivity contribution in [2.24, 2.45) is 0 Å². The van der Waals surface area contributed by atoms with Gasteiger partial charge in [0.2, 0.25) is 0 Å². The predicted molar refractivity (Wildman–Crippen MR) is 105 cm³/mol. The summed E-state index contributed by atoms with van der Waals surface area (Å²) in [5.41, 5.74) is 1.61. The number of rotatable bonds is 6. The maximum absolute atomic E-state index is 12.4. The molecule has 1 saturated heterocycles. The van der Waals surface area contributed by atoms with Crippen molar-refractivity contribution < 1.29 is 9.32 Å². The van der Waals surface area contributed by atoms with Gasteiger partial charge in [-0.1, -0.05) is 12.1 Å². The molecule has 3 rings (SSSR count). The smallest absolute Gasteiger partial charge is 0.321 e. The van der Waals surface area contributed by atoms with Gasteiger partial charge in [0.15, 0.2) is 5.82 Å². The summed E-state index contributed by atoms with van der Waals surface area (Å²) in [6.45, 7) is 6.47. The fraction of sp³-hybridized carbons (Fsp3) is 0.500. The van der Waals surface area contributed by atoms with Crippen LogP contribution >= 0.6 is 11.8 Å². The van der Waals surface area contributed by atoms with Gasteiger partial charge in [-0.15, -0.1) is 0 Å². The van der Waals surface area contributed by atoms with Crippen molar-refractivity contribution in [2.45, 2.75) is 13.3 Å². The lowest BCUT2D eigenvalue weighted by Gasteiger charge is -2.34. The molecule has 0 unspecified atom stereocenters. The molecule has 0 atom stereocenters. The average Bonchev–Trinajstić information content (AvgIpc) is 3.16. The van der Waals surface area contributed by atoms with Crippen molar-refractivity contribution in [3.05, 3.63) is 30.1 Å². The number of amides is 2. The minimum Gasteiger partial charge on any atom is -0.334 e. The standard InChI is InChI=1S/C18H25N5O2S/c1-3-16-20-17(25-21-16)14-4-6-15(7-5-14)19-18(24)23-10-8-22(9-11-23)12-13-26-2/h4-7H,3,8-13H2,1-2H3,(H,19,24). The largest absolute Gasteiger partial charge is 0.334 e. The lowest BCUT2D eigenvalue weighted by Crippen LogP contribution is -2.50. The molecule has 2 amide bonds. The summed E-state index contributed by atoms with van der Waals surface area (Å²) in [6.07, 6.45) is 2.86. The van der Waals surface area contributed by atoms with Crippen LogP contribution in [-0.4, -0.2) is 70.7 Å². The number of thioether (sulfide) groups is 1. The molecule has 1 aliphatic rings. The van der Waals surface area contributed by atoms with Gasteiger partial charge in [0, 0.05) is 56.1 Å². The van der Waals surface area contributed by atoms with E-state index in [2.05, 4.69) is 26.6 Å². The van der Waals surface area contributed by atoms with Gasteiger partial charge in [0.1, 0.15) is 0 Å². The fourth-order valence-electron chi connectivity index (χ4n) is 2.81. The maximum atomic E-state index is 12.4. The quantitative estimate of drug-likeness (QED) is 0.837. The molecule has 0 bridgehead atoms. The summed E-state index contributed by atoms with van der Waals surface area (Å²) in [5, 5.41) is 6.86. The van der Waals surface area contributed by atoms with E-state index in [1.807, 2.05) is 47.9 Å². The first kappa shape index (κ1) is 18.7. The lowest BCUT2D eigenvalue weighted by atomic mass is 10.2. The van der Waals surface area contributed by atoms with Gasteiger partial charge < -0.3 is 14.7 Å². The Kier molecular flexibility index (Phi) is 6.51. The molecule has 26 heavy (non-hydrogen) atoms. The highest BCUT2D eigenvalue weighted by Gasteiger charge is 2.20. The zero-order chi connectivity index (χ0) is 18.4. The van der Waals surface area contributed by atoms with E-state index in [9.17, 15) is 4.79 Å². The summed E-state index contributed by atoms with van der Waals surface area (Å²) in [5.74, 6) is 2.33. The van der Waals surface area contributed by atoms with Crippen molar-refractivity contribution >= 4 is 23.5 Å². The number of nitrogens with zero attached hydrogens (tertiary/aromatic N) is 4. The lowest BCUT2D eigenvalue weighted by molar-refractivity contribution is 0.152. The zero-order valence-electron chi connectivity index (χ0n) is 15.3. The zero-order valence-corrected chi connectivity index (χ0v) is 16.1. The summed E-state index contributed by atoms with van der Waals surface area (Å²) in [4.78, 5) is 21.0. The van der Waals surface area contributed by atoms with Crippen LogP contribution in [0, 0.1) is 0 Å². The van der Waals surface area contributed by atoms with Gasteiger partial charge in [-0.2, -0.15) is 16.7 Å². The Morgan fingerprint density at radius 1 is 1.23 bits per heavy atom. The van der Waals surface area contributed by atoms with Gasteiger partial charge in [-0.25, -0.2) is 4.79 Å². The first-order chi connectivity index (χ1) is 12.7. The van der Waals surface area contributed by atoms with Crippen LogP contribution in [0.4, 0.5) is 10.5 Å². The third kappa shape index (κ3) is 4.76. The van der Waals surface area contributed by atoms with Gasteiger partial charge in [0.25, 0.3) is 5.89 Å². The molecule has 2 heterocycles. The van der Waals surface area contributed by atoms with E-state index in [1.165, 1.54) is 0 Å². The Morgan fingerprint density at radius 2 is 1.96 bits per heavy atom. The molecule has 0 saturated carbocycles. The summed E-state index contributed by atoms with van der Waals surface area (Å²) in [6, 6.07) is 7.43. The molecule has 0 spiro atoms. The van der Waals surface area contributed by atoms with Gasteiger partial charge in [-0.05, 0) is 30.5 Å². The fourth-order valence-corrected chi connectivity index (χ4v) is 3.25. The van der Waals surface area contributed by atoms with E-state index in [0.29, 0.717) is 11.7 Å². The summed E-state index contributed by atoms with van der Waals surface area (Å²) < 4.78 is 5.23. The van der Waals surface area contributed by atoms with Crippen molar-refractivity contribution in [2.75, 3.05) is 50.0 Å². The highest BCUT2D eigenvalue weighted by Crippen LogP contribution is 2.20. The number of nitrogens with one attached hydrogen (secondary N) is 1. The van der Waals surface area contributed by atoms with E-state index in [-0.39, 0.29) is 6.03 Å². The number of aryl methyl sites for hydroxylation is 1. The van der Waals surface area contributed by atoms with Crippen LogP contribution in [0.1, 0.15) is 12.7 Å². The molecule has 8 heteroatoms. The number of aromatic nitrogens is 2. The Morgan fingerprint density at radius 3 is 2.58 bits per heavy atom. The van der Waals surface area contributed by atoms with E-state index >= 15 is 0 Å². The number of hydrogen-bond donors (Lipinski definition) is 1. The number of carbonyl (C=O) groups is 1. The molecule has 140 valence electrons. The molecule has 1 N–H and O–H groups in total. The van der Waals surface area contributed by atoms with Crippen LogP contribution in [0.15, 0.2) is 28.8 Å². The van der Waals surface area contributed by atoms with Crippen molar-refractivity contribution in [1.82, 2.24) is 19.9 Å². The second-order valence-electron chi connectivity index (χ2n) is 6.20. The summed E-state index contributed by atoms with van der Waals surface area (Å²) in [7, 11) is 0. The van der Waals surface area contributed by atoms with Crippen LogP contribution in [0.5, 0.6) is 0 Å². The van der Waals surface area contributed by atoms with Gasteiger partial charge in [-0.3, -0.25) is 4.90 Å². The molecule has 7 nitrogen and oxygen atoms in total. The number of carbonyl (C=O) groups excluding carboxylic acids is 1. The molecule has 1 aromatic carbocycles. The second-order valence-corrected chi connectivity index (χ2v) is 7.18. The average molecular weight is 375 g/mol. The number of benzene rings is 1. The molecular weight excluding hydrogens is 350 g/mol. The first-order valence-corrected chi connectivity index (χ1v) is 10.3. The molecule has 0 aliphatic carbocycles. The van der Waals surface area contributed by atoms with Crippen LogP contribution in [0.3, 0.4) is 0 Å². The van der Waals surface area contributed by atoms with E-state index in [1.54, 1.807) is 0 Å². The minimum absolute atomic E-state index is 0.0478. The SMILES string of the molecule is CCc1noc(-c2ccc(NC(=O)N3CCN(CCSC)CC3)cc2)n1. The number of piperazine rings is 1. The van der Waals surface area contributed by atoms with Crippen LogP contribution in [0.25, 0.3) is 11.5 Å². The molecule has 1 aliphatic heterocycles. The third-order valence-corrected chi connectivity index (χ3v) is 5.03. The van der Waals surface area contributed by atoms with E-state index in [0.717, 1.165) is 56.1 Å². The Hall–Kier alpha value is -2.06. The third-order valence-electron chi connectivity index (χ3n) is 4.44. The molecule has 1 aromatic heterocycles. The van der Waals surface area contributed by atoms with Crippen molar-refractivity contribution in [1.29, 1.82) is 0 Å². The van der Waals surface area contributed by atoms with Crippen LogP contribution in [-0.2, 0) is 6.42 Å². The van der Waals surface area contributed by atoms with Crippen molar-refractivity contribution in [3.8, 4) is 11.5 Å². The number of anilines is 1. The van der Waals surface area contributed by atoms with Crippen LogP contribution in [0.2, 0.25) is 0 Å². The Labute approximate surface area is 158 Å². The second kappa shape index (κ2) is 9.05. The first-order valence-electron chi connectivity index (χ1n) is 8.90. The normalized spacial score (nSPS) is 15.2. The Bertz CT molecular complexity index is 711. The molecule has 2 aromatic rings. The highest BCUT2D eigenvalue weighted by molar-refractivity contribution is 7.98. The summed E-state index contributed by atoms with van der Waals surface area (Å²) >= 11 is 1.86. The number of hydrogen-bond acceptors (Lipinski definition) is 6. The molecule has 1 fully saturated rings. The Balaban J connectivity index is 1.52. The van der Waals surface area contributed by atoms with Crippen molar-refractivity contribution in [3.63, 3.8) is 0 Å². The van der Waals surface area contributed by atoms with E-state index in [4.69, 9.17) is 4.52 Å². The van der Waals surface area contributed by atoms with E-state index < -0.39 is 0 Å². The number of urea groups is 1. The highest BCUT2D eigenvalue weighted by atomic mass is 32.2. The topological polar surface area (TPSA) is 74.5 Å². The van der Waals surface area contributed by atoms with Gasteiger partial charge >= 0.3 is 6.03 Å². The van der Waals surface area contributed by atoms with Gasteiger partial charge in [0.05, 0.1) is 0 Å². The minimum atomic E-state index is -0.0478. The monoisotopic (exact) mass is 375 g/mol. The molecule has 0 radical (unpaired) electrons. The van der Waals surface area contributed by atoms with Crippen LogP contribution < -0.4 is 5.32 Å².